The molecule has 0 aromatic heterocycles. The summed E-state index contributed by atoms with van der Waals surface area (Å²) in [5, 5.41) is 8.55. The number of alkyl halides is 3. The van der Waals surface area contributed by atoms with Gasteiger partial charge in [0.2, 0.25) is 0 Å². The molecular formula is C11H13F3O2. The zero-order valence-electron chi connectivity index (χ0n) is 9.22. The van der Waals surface area contributed by atoms with Crippen LogP contribution in [0.3, 0.4) is 0 Å². The van der Waals surface area contributed by atoms with Crippen molar-refractivity contribution in [2.45, 2.75) is 26.9 Å². The zero-order valence-corrected chi connectivity index (χ0v) is 9.22. The van der Waals surface area contributed by atoms with Crippen LogP contribution >= 0.6 is 0 Å². The van der Waals surface area contributed by atoms with E-state index in [0.29, 0.717) is 5.56 Å². The van der Waals surface area contributed by atoms with Crippen molar-refractivity contribution in [1.29, 1.82) is 0 Å². The predicted octanol–water partition coefficient (Wildman–Crippen LogP) is 3.74. The first-order valence-electron chi connectivity index (χ1n) is 4.73. The molecule has 1 rings (SSSR count). The molecule has 0 aliphatic carbocycles. The highest BCUT2D eigenvalue weighted by atomic mass is 19.4. The van der Waals surface area contributed by atoms with E-state index < -0.39 is 23.3 Å². The number of hydrogen-bond acceptors (Lipinski definition) is 1. The number of carboxylic acid groups (broad SMARTS) is 1. The van der Waals surface area contributed by atoms with Crippen LogP contribution in [0.25, 0.3) is 0 Å². The predicted molar refractivity (Wildman–Crippen MR) is 54.5 cm³/mol. The molecule has 1 N–H and O–H groups in total. The molecule has 0 amide bonds. The number of halogens is 3. The topological polar surface area (TPSA) is 37.3 Å². The first-order chi connectivity index (χ1) is 7.32. The van der Waals surface area contributed by atoms with Crippen LogP contribution in [0, 0.1) is 6.92 Å². The van der Waals surface area contributed by atoms with E-state index in [2.05, 4.69) is 0 Å². The largest absolute Gasteiger partial charge is 0.478 e. The summed E-state index contributed by atoms with van der Waals surface area (Å²) in [6.07, 6.45) is -4.62. The summed E-state index contributed by atoms with van der Waals surface area (Å²) < 4.78 is 36.8. The molecule has 0 radical (unpaired) electrons. The van der Waals surface area contributed by atoms with Crippen molar-refractivity contribution in [3.63, 3.8) is 0 Å². The average Bonchev–Trinajstić information content (AvgIpc) is 2.18. The van der Waals surface area contributed by atoms with Gasteiger partial charge in [-0.3, -0.25) is 0 Å². The van der Waals surface area contributed by atoms with E-state index >= 15 is 0 Å². The minimum absolute atomic E-state index is 0.482. The fourth-order valence-corrected chi connectivity index (χ4v) is 1.08. The van der Waals surface area contributed by atoms with Gasteiger partial charge in [-0.05, 0) is 19.1 Å². The molecule has 0 aliphatic heterocycles. The Bertz CT molecular complexity index is 370. The Labute approximate surface area is 91.7 Å². The highest BCUT2D eigenvalue weighted by Crippen LogP contribution is 2.32. The molecule has 5 heteroatoms. The van der Waals surface area contributed by atoms with E-state index in [-0.39, 0.29) is 0 Å². The molecule has 2 nitrogen and oxygen atoms in total. The van der Waals surface area contributed by atoms with Crippen molar-refractivity contribution < 1.29 is 23.1 Å². The molecular weight excluding hydrogens is 221 g/mol. The summed E-state index contributed by atoms with van der Waals surface area (Å²) in [6, 6.07) is 3.01. The summed E-state index contributed by atoms with van der Waals surface area (Å²) in [7, 11) is 0. The maximum Gasteiger partial charge on any atom is 0.417 e. The van der Waals surface area contributed by atoms with Crippen LogP contribution in [0.4, 0.5) is 13.2 Å². The minimum Gasteiger partial charge on any atom is -0.478 e. The third-order valence-electron chi connectivity index (χ3n) is 1.71. The fraction of sp³-hybridized carbons (Fsp3) is 0.364. The van der Waals surface area contributed by atoms with Gasteiger partial charge in [-0.2, -0.15) is 13.2 Å². The summed E-state index contributed by atoms with van der Waals surface area (Å²) >= 11 is 0. The van der Waals surface area contributed by atoms with Gasteiger partial charge >= 0.3 is 12.1 Å². The number of aryl methyl sites for hydroxylation is 1. The smallest absolute Gasteiger partial charge is 0.417 e. The lowest BCUT2D eigenvalue weighted by molar-refractivity contribution is -0.138. The maximum atomic E-state index is 12.3. The van der Waals surface area contributed by atoms with Gasteiger partial charge in [0.25, 0.3) is 0 Å². The van der Waals surface area contributed by atoms with Crippen molar-refractivity contribution in [3.05, 3.63) is 34.9 Å². The van der Waals surface area contributed by atoms with E-state index in [1.807, 2.05) is 13.8 Å². The third kappa shape index (κ3) is 3.56. The molecule has 0 fully saturated rings. The lowest BCUT2D eigenvalue weighted by atomic mass is 10.0. The first kappa shape index (κ1) is 14.5. The van der Waals surface area contributed by atoms with Crippen LogP contribution in [0.5, 0.6) is 0 Å². The Morgan fingerprint density at radius 1 is 1.25 bits per heavy atom. The Morgan fingerprint density at radius 2 is 1.75 bits per heavy atom. The molecule has 0 bridgehead atoms. The number of carbonyl (C=O) groups is 1. The SMILES string of the molecule is CC.Cc1ccc(C(F)(F)F)c(C(=O)O)c1. The van der Waals surface area contributed by atoms with Gasteiger partial charge in [-0.1, -0.05) is 25.5 Å². The monoisotopic (exact) mass is 234 g/mol. The van der Waals surface area contributed by atoms with E-state index in [9.17, 15) is 18.0 Å². The Balaban J connectivity index is 0.00000106. The standard InChI is InChI=1S/C9H7F3O2.C2H6/c1-5-2-3-7(9(10,11)12)6(4-5)8(13)14;1-2/h2-4H,1H3,(H,13,14);1-2H3. The second kappa shape index (κ2) is 5.53. The molecule has 1 aromatic rings. The van der Waals surface area contributed by atoms with Crippen molar-refractivity contribution in [2.75, 3.05) is 0 Å². The van der Waals surface area contributed by atoms with E-state index in [0.717, 1.165) is 12.1 Å². The lowest BCUT2D eigenvalue weighted by Gasteiger charge is -2.10. The molecule has 90 valence electrons. The van der Waals surface area contributed by atoms with Gasteiger partial charge in [0.1, 0.15) is 0 Å². The molecule has 0 atom stereocenters. The summed E-state index contributed by atoms with van der Waals surface area (Å²) in [5.74, 6) is -1.57. The normalized spacial score (nSPS) is 10.4. The summed E-state index contributed by atoms with van der Waals surface area (Å²) in [6.45, 7) is 5.53. The molecule has 16 heavy (non-hydrogen) atoms. The lowest BCUT2D eigenvalue weighted by Crippen LogP contribution is -2.12. The molecule has 0 saturated heterocycles. The van der Waals surface area contributed by atoms with Crippen LogP contribution in [0.1, 0.15) is 35.3 Å². The van der Waals surface area contributed by atoms with Gasteiger partial charge in [0, 0.05) is 0 Å². The zero-order chi connectivity index (χ0) is 12.9. The van der Waals surface area contributed by atoms with Crippen LogP contribution in [-0.4, -0.2) is 11.1 Å². The van der Waals surface area contributed by atoms with Gasteiger partial charge in [-0.25, -0.2) is 4.79 Å². The Kier molecular flexibility index (Phi) is 5.01. The maximum absolute atomic E-state index is 12.3. The minimum atomic E-state index is -4.62. The van der Waals surface area contributed by atoms with Gasteiger partial charge in [-0.15, -0.1) is 0 Å². The van der Waals surface area contributed by atoms with Gasteiger partial charge in [0.05, 0.1) is 11.1 Å². The second-order valence-corrected chi connectivity index (χ2v) is 2.85. The molecule has 0 heterocycles. The van der Waals surface area contributed by atoms with Crippen molar-refractivity contribution in [3.8, 4) is 0 Å². The van der Waals surface area contributed by atoms with Crippen LogP contribution in [-0.2, 0) is 6.18 Å². The third-order valence-corrected chi connectivity index (χ3v) is 1.71. The number of carboxylic acids is 1. The van der Waals surface area contributed by atoms with Gasteiger partial charge in [0.15, 0.2) is 0 Å². The number of rotatable bonds is 1. The summed E-state index contributed by atoms with van der Waals surface area (Å²) in [5.41, 5.74) is -1.34. The number of aromatic carboxylic acids is 1. The summed E-state index contributed by atoms with van der Waals surface area (Å²) in [4.78, 5) is 10.5. The quantitative estimate of drug-likeness (QED) is 0.803. The average molecular weight is 234 g/mol. The molecule has 0 aliphatic rings. The molecule has 1 aromatic carbocycles. The van der Waals surface area contributed by atoms with E-state index in [4.69, 9.17) is 5.11 Å². The second-order valence-electron chi connectivity index (χ2n) is 2.85. The van der Waals surface area contributed by atoms with E-state index in [1.54, 1.807) is 0 Å². The molecule has 0 spiro atoms. The molecule has 0 saturated carbocycles. The van der Waals surface area contributed by atoms with E-state index in [1.165, 1.54) is 13.0 Å². The molecule has 0 unspecified atom stereocenters. The van der Waals surface area contributed by atoms with Crippen LogP contribution in [0.2, 0.25) is 0 Å². The van der Waals surface area contributed by atoms with Crippen molar-refractivity contribution >= 4 is 5.97 Å². The Morgan fingerprint density at radius 3 is 2.12 bits per heavy atom. The number of benzene rings is 1. The highest BCUT2D eigenvalue weighted by molar-refractivity contribution is 5.89. The van der Waals surface area contributed by atoms with Crippen LogP contribution < -0.4 is 0 Å². The van der Waals surface area contributed by atoms with Crippen molar-refractivity contribution in [2.24, 2.45) is 0 Å². The van der Waals surface area contributed by atoms with Gasteiger partial charge < -0.3 is 5.11 Å². The van der Waals surface area contributed by atoms with Crippen LogP contribution in [0.15, 0.2) is 18.2 Å². The Hall–Kier alpha value is -1.52. The fourth-order valence-electron chi connectivity index (χ4n) is 1.08. The first-order valence-corrected chi connectivity index (χ1v) is 4.73. The highest BCUT2D eigenvalue weighted by Gasteiger charge is 2.35. The number of hydrogen-bond donors (Lipinski definition) is 1. The van der Waals surface area contributed by atoms with Crippen molar-refractivity contribution in [1.82, 2.24) is 0 Å².